The van der Waals surface area contributed by atoms with Gasteiger partial charge in [0.2, 0.25) is 5.91 Å². The number of nitrogens with zero attached hydrogens (tertiary/aromatic N) is 3. The minimum absolute atomic E-state index is 0.171. The van der Waals surface area contributed by atoms with Crippen LogP contribution >= 0.6 is 23.1 Å². The fourth-order valence-electron chi connectivity index (χ4n) is 3.60. The summed E-state index contributed by atoms with van der Waals surface area (Å²) in [5.74, 6) is 0.391. The van der Waals surface area contributed by atoms with Crippen LogP contribution in [0.15, 0.2) is 59.1 Å². The van der Waals surface area contributed by atoms with Crippen molar-refractivity contribution in [1.82, 2.24) is 14.8 Å². The van der Waals surface area contributed by atoms with Crippen molar-refractivity contribution < 1.29 is 14.3 Å². The summed E-state index contributed by atoms with van der Waals surface area (Å²) in [5, 5.41) is 14.4. The normalized spacial score (nSPS) is 10.9. The zero-order chi connectivity index (χ0) is 24.9. The molecule has 2 aromatic carbocycles. The lowest BCUT2D eigenvalue weighted by Crippen LogP contribution is -2.14. The maximum atomic E-state index is 12.5. The van der Waals surface area contributed by atoms with Gasteiger partial charge in [0, 0.05) is 34.1 Å². The first-order valence-corrected chi connectivity index (χ1v) is 13.0. The van der Waals surface area contributed by atoms with Crippen molar-refractivity contribution in [3.63, 3.8) is 0 Å². The van der Waals surface area contributed by atoms with Crippen molar-refractivity contribution in [2.24, 2.45) is 7.05 Å². The number of aryl methyl sites for hydroxylation is 2. The molecular formula is C26H26N4O3S2. The van der Waals surface area contributed by atoms with Crippen LogP contribution in [0.3, 0.4) is 0 Å². The molecule has 0 aliphatic heterocycles. The Labute approximate surface area is 212 Å². The maximum Gasteiger partial charge on any atom is 0.338 e. The van der Waals surface area contributed by atoms with Crippen LogP contribution in [-0.2, 0) is 16.6 Å². The standard InChI is InChI=1S/C26H26N4O3S2/c1-5-33-25(32)19-10-12-20(13-11-19)27-22(31)15-35-26-29-28-24(30(26)4)21-14-34-17(3)23(21)18-8-6-16(2)7-9-18/h6-14H,5,15H2,1-4H3,(H,27,31). The summed E-state index contributed by atoms with van der Waals surface area (Å²) < 4.78 is 6.90. The third-order valence-electron chi connectivity index (χ3n) is 5.40. The first-order chi connectivity index (χ1) is 16.9. The molecule has 0 aliphatic carbocycles. The summed E-state index contributed by atoms with van der Waals surface area (Å²) in [6.07, 6.45) is 0. The lowest BCUT2D eigenvalue weighted by molar-refractivity contribution is -0.113. The first-order valence-electron chi connectivity index (χ1n) is 11.1. The zero-order valence-corrected chi connectivity index (χ0v) is 21.6. The van der Waals surface area contributed by atoms with Crippen molar-refractivity contribution in [2.75, 3.05) is 17.7 Å². The van der Waals surface area contributed by atoms with E-state index in [2.05, 4.69) is 59.0 Å². The van der Waals surface area contributed by atoms with Crippen LogP contribution in [0, 0.1) is 13.8 Å². The number of amides is 1. The lowest BCUT2D eigenvalue weighted by Gasteiger charge is -2.08. The number of benzene rings is 2. The number of carbonyl (C=O) groups excluding carboxylic acids is 2. The zero-order valence-electron chi connectivity index (χ0n) is 20.0. The molecule has 0 radical (unpaired) electrons. The molecule has 9 heteroatoms. The van der Waals surface area contributed by atoms with E-state index in [-0.39, 0.29) is 17.6 Å². The van der Waals surface area contributed by atoms with Crippen LogP contribution in [0.1, 0.15) is 27.7 Å². The molecule has 1 amide bonds. The molecule has 4 aromatic rings. The summed E-state index contributed by atoms with van der Waals surface area (Å²) in [4.78, 5) is 25.5. The van der Waals surface area contributed by atoms with E-state index < -0.39 is 0 Å². The molecular weight excluding hydrogens is 480 g/mol. The number of hydrogen-bond donors (Lipinski definition) is 1. The predicted molar refractivity (Wildman–Crippen MR) is 141 cm³/mol. The third kappa shape index (κ3) is 5.63. The van der Waals surface area contributed by atoms with Gasteiger partial charge < -0.3 is 14.6 Å². The molecule has 0 unspecified atom stereocenters. The molecule has 0 fully saturated rings. The van der Waals surface area contributed by atoms with E-state index in [1.165, 1.54) is 22.2 Å². The van der Waals surface area contributed by atoms with Crippen LogP contribution < -0.4 is 5.32 Å². The maximum absolute atomic E-state index is 12.5. The van der Waals surface area contributed by atoms with Crippen molar-refractivity contribution in [3.05, 3.63) is 69.9 Å². The van der Waals surface area contributed by atoms with Crippen molar-refractivity contribution in [1.29, 1.82) is 0 Å². The summed E-state index contributed by atoms with van der Waals surface area (Å²) in [6.45, 7) is 6.26. The average molecular weight is 507 g/mol. The van der Waals surface area contributed by atoms with E-state index >= 15 is 0 Å². The van der Waals surface area contributed by atoms with Gasteiger partial charge in [-0.15, -0.1) is 21.5 Å². The Morgan fingerprint density at radius 1 is 1.06 bits per heavy atom. The highest BCUT2D eigenvalue weighted by atomic mass is 32.2. The molecule has 7 nitrogen and oxygen atoms in total. The van der Waals surface area contributed by atoms with Gasteiger partial charge in [-0.3, -0.25) is 4.79 Å². The fraction of sp³-hybridized carbons (Fsp3) is 0.231. The van der Waals surface area contributed by atoms with Crippen LogP contribution in [0.4, 0.5) is 5.69 Å². The predicted octanol–water partition coefficient (Wildman–Crippen LogP) is 5.73. The van der Waals surface area contributed by atoms with Gasteiger partial charge in [0.05, 0.1) is 17.9 Å². The molecule has 0 aliphatic rings. The number of hydrogen-bond acceptors (Lipinski definition) is 7. The van der Waals surface area contributed by atoms with Gasteiger partial charge in [0.25, 0.3) is 0 Å². The smallest absolute Gasteiger partial charge is 0.338 e. The highest BCUT2D eigenvalue weighted by Crippen LogP contribution is 2.38. The molecule has 0 spiro atoms. The quantitative estimate of drug-likeness (QED) is 0.242. The molecule has 35 heavy (non-hydrogen) atoms. The Morgan fingerprint density at radius 3 is 2.46 bits per heavy atom. The van der Waals surface area contributed by atoms with E-state index in [0.29, 0.717) is 23.0 Å². The molecule has 2 heterocycles. The summed E-state index contributed by atoms with van der Waals surface area (Å²) in [5.41, 5.74) is 5.61. The van der Waals surface area contributed by atoms with E-state index in [4.69, 9.17) is 4.74 Å². The molecule has 1 N–H and O–H groups in total. The van der Waals surface area contributed by atoms with Crippen molar-refractivity contribution in [2.45, 2.75) is 25.9 Å². The van der Waals surface area contributed by atoms with Gasteiger partial charge in [-0.25, -0.2) is 4.79 Å². The van der Waals surface area contributed by atoms with Gasteiger partial charge in [-0.2, -0.15) is 0 Å². The lowest BCUT2D eigenvalue weighted by atomic mass is 10.0. The molecule has 0 saturated heterocycles. The molecule has 2 aromatic heterocycles. The molecule has 0 saturated carbocycles. The number of thiophene rings is 1. The summed E-state index contributed by atoms with van der Waals surface area (Å²) >= 11 is 3.01. The second kappa shape index (κ2) is 10.9. The number of rotatable bonds is 8. The number of esters is 1. The monoisotopic (exact) mass is 506 g/mol. The van der Waals surface area contributed by atoms with Gasteiger partial charge in [0.1, 0.15) is 0 Å². The van der Waals surface area contributed by atoms with Gasteiger partial charge in [-0.05, 0) is 50.6 Å². The largest absolute Gasteiger partial charge is 0.462 e. The number of nitrogens with one attached hydrogen (secondary N) is 1. The Kier molecular flexibility index (Phi) is 7.67. The number of ether oxygens (including phenoxy) is 1. The van der Waals surface area contributed by atoms with Crippen LogP contribution in [0.5, 0.6) is 0 Å². The topological polar surface area (TPSA) is 86.1 Å². The van der Waals surface area contributed by atoms with E-state index in [0.717, 1.165) is 22.5 Å². The number of aromatic nitrogens is 3. The summed E-state index contributed by atoms with van der Waals surface area (Å²) in [7, 11) is 1.91. The van der Waals surface area contributed by atoms with Gasteiger partial charge in [0.15, 0.2) is 11.0 Å². The Morgan fingerprint density at radius 2 is 1.77 bits per heavy atom. The van der Waals surface area contributed by atoms with Crippen LogP contribution in [0.2, 0.25) is 0 Å². The minimum Gasteiger partial charge on any atom is -0.462 e. The summed E-state index contributed by atoms with van der Waals surface area (Å²) in [6, 6.07) is 15.1. The Balaban J connectivity index is 1.43. The van der Waals surface area contributed by atoms with E-state index in [9.17, 15) is 9.59 Å². The van der Waals surface area contributed by atoms with Crippen LogP contribution in [0.25, 0.3) is 22.5 Å². The van der Waals surface area contributed by atoms with E-state index in [1.54, 1.807) is 42.5 Å². The minimum atomic E-state index is -0.384. The fourth-order valence-corrected chi connectivity index (χ4v) is 5.18. The Hall–Kier alpha value is -3.43. The third-order valence-corrected chi connectivity index (χ3v) is 7.33. The number of thioether (sulfide) groups is 1. The Bertz CT molecular complexity index is 1340. The SMILES string of the molecule is CCOC(=O)c1ccc(NC(=O)CSc2nnc(-c3csc(C)c3-c3ccc(C)cc3)n2C)cc1. The van der Waals surface area contributed by atoms with Gasteiger partial charge in [-0.1, -0.05) is 41.6 Å². The highest BCUT2D eigenvalue weighted by molar-refractivity contribution is 7.99. The van der Waals surface area contributed by atoms with Crippen molar-refractivity contribution in [3.8, 4) is 22.5 Å². The first kappa shape index (κ1) is 24.7. The van der Waals surface area contributed by atoms with Gasteiger partial charge >= 0.3 is 5.97 Å². The number of carbonyl (C=O) groups is 2. The van der Waals surface area contributed by atoms with E-state index in [1.807, 2.05) is 11.6 Å². The second-order valence-electron chi connectivity index (χ2n) is 7.95. The average Bonchev–Trinajstić information content (AvgIpc) is 3.40. The second-order valence-corrected chi connectivity index (χ2v) is 9.97. The highest BCUT2D eigenvalue weighted by Gasteiger charge is 2.19. The van der Waals surface area contributed by atoms with Crippen molar-refractivity contribution >= 4 is 40.7 Å². The molecule has 0 bridgehead atoms. The number of anilines is 1. The van der Waals surface area contributed by atoms with Crippen LogP contribution in [-0.4, -0.2) is 39.0 Å². The molecule has 4 rings (SSSR count). The molecule has 0 atom stereocenters. The molecule has 180 valence electrons.